The van der Waals surface area contributed by atoms with Crippen LogP contribution in [0, 0.1) is 5.82 Å². The Morgan fingerprint density at radius 3 is 1.97 bits per heavy atom. The van der Waals surface area contributed by atoms with Gasteiger partial charge in [0.25, 0.3) is 5.91 Å². The summed E-state index contributed by atoms with van der Waals surface area (Å²) in [6.45, 7) is 1.000. The largest absolute Gasteiger partial charge is 0.473 e. The molecule has 0 radical (unpaired) electrons. The molecule has 30 heavy (non-hydrogen) atoms. The van der Waals surface area contributed by atoms with Crippen LogP contribution in [-0.2, 0) is 19.6 Å². The fraction of sp³-hybridized carbons (Fsp3) is 0.222. The molecule has 0 bridgehead atoms. The lowest BCUT2D eigenvalue weighted by atomic mass is 10.2. The van der Waals surface area contributed by atoms with Gasteiger partial charge in [0, 0.05) is 38.6 Å². The lowest BCUT2D eigenvalue weighted by molar-refractivity contribution is -0.159. The molecule has 160 valence electrons. The van der Waals surface area contributed by atoms with Crippen LogP contribution in [0.5, 0.6) is 0 Å². The van der Waals surface area contributed by atoms with E-state index in [2.05, 4.69) is 4.98 Å². The zero-order valence-corrected chi connectivity index (χ0v) is 16.3. The molecule has 0 spiro atoms. The quantitative estimate of drug-likeness (QED) is 0.659. The number of piperazine rings is 1. The van der Waals surface area contributed by atoms with Crippen molar-refractivity contribution < 1.29 is 37.4 Å². The van der Waals surface area contributed by atoms with E-state index in [1.807, 2.05) is 0 Å². The number of halogens is 1. The number of carboxylic acids is 2. The van der Waals surface area contributed by atoms with Crippen LogP contribution in [0.3, 0.4) is 0 Å². The van der Waals surface area contributed by atoms with E-state index in [4.69, 9.17) is 19.8 Å². The van der Waals surface area contributed by atoms with E-state index in [1.54, 1.807) is 23.2 Å². The van der Waals surface area contributed by atoms with Gasteiger partial charge in [-0.3, -0.25) is 9.78 Å². The topological polar surface area (TPSA) is 145 Å². The maximum Gasteiger partial charge on any atom is 0.414 e. The zero-order chi connectivity index (χ0) is 22.3. The third kappa shape index (κ3) is 5.81. The Labute approximate surface area is 171 Å². The summed E-state index contributed by atoms with van der Waals surface area (Å²) in [6.07, 6.45) is 3.08. The lowest BCUT2D eigenvalue weighted by Crippen LogP contribution is -2.50. The Kier molecular flexibility index (Phi) is 7.55. The number of benzene rings is 1. The molecular formula is C18H18FN3O7S. The first-order valence-electron chi connectivity index (χ1n) is 8.54. The smallest absolute Gasteiger partial charge is 0.414 e. The summed E-state index contributed by atoms with van der Waals surface area (Å²) in [4.78, 5) is 36.1. The predicted octanol–water partition coefficient (Wildman–Crippen LogP) is 0.523. The number of aliphatic carboxylic acids is 2. The van der Waals surface area contributed by atoms with Crippen LogP contribution in [0.1, 0.15) is 10.4 Å². The highest BCUT2D eigenvalue weighted by Gasteiger charge is 2.30. The number of aromatic nitrogens is 1. The zero-order valence-electron chi connectivity index (χ0n) is 15.5. The summed E-state index contributed by atoms with van der Waals surface area (Å²) in [6, 6.07) is 8.10. The van der Waals surface area contributed by atoms with E-state index in [9.17, 15) is 17.6 Å². The number of nitrogens with zero attached hydrogens (tertiary/aromatic N) is 3. The molecule has 12 heteroatoms. The molecule has 0 unspecified atom stereocenters. The maximum absolute atomic E-state index is 13.0. The molecule has 1 saturated heterocycles. The van der Waals surface area contributed by atoms with E-state index >= 15 is 0 Å². The summed E-state index contributed by atoms with van der Waals surface area (Å²) < 4.78 is 39.3. The van der Waals surface area contributed by atoms with Gasteiger partial charge in [-0.25, -0.2) is 22.4 Å². The molecular weight excluding hydrogens is 421 g/mol. The Morgan fingerprint density at radius 2 is 1.50 bits per heavy atom. The molecule has 1 aromatic heterocycles. The molecule has 0 saturated carbocycles. The number of hydrogen-bond donors (Lipinski definition) is 2. The van der Waals surface area contributed by atoms with Gasteiger partial charge in [0.1, 0.15) is 5.82 Å². The third-order valence-corrected chi connectivity index (χ3v) is 5.98. The number of pyridine rings is 1. The van der Waals surface area contributed by atoms with Gasteiger partial charge in [-0.05, 0) is 36.4 Å². The number of hydrogen-bond acceptors (Lipinski definition) is 6. The van der Waals surface area contributed by atoms with Crippen LogP contribution in [0.4, 0.5) is 4.39 Å². The van der Waals surface area contributed by atoms with Gasteiger partial charge in [-0.2, -0.15) is 4.31 Å². The van der Waals surface area contributed by atoms with E-state index in [0.717, 1.165) is 12.1 Å². The van der Waals surface area contributed by atoms with Crippen molar-refractivity contribution >= 4 is 27.9 Å². The second-order valence-corrected chi connectivity index (χ2v) is 7.94. The Bertz CT molecular complexity index is 994. The minimum atomic E-state index is -3.68. The predicted molar refractivity (Wildman–Crippen MR) is 101 cm³/mol. The average molecular weight is 439 g/mol. The van der Waals surface area contributed by atoms with Crippen LogP contribution >= 0.6 is 0 Å². The molecule has 0 atom stereocenters. The molecule has 2 N–H and O–H groups in total. The Hall–Kier alpha value is -3.38. The molecule has 1 aliphatic heterocycles. The van der Waals surface area contributed by atoms with Gasteiger partial charge in [-0.1, -0.05) is 0 Å². The summed E-state index contributed by atoms with van der Waals surface area (Å²) in [7, 11) is -3.68. The summed E-state index contributed by atoms with van der Waals surface area (Å²) in [5, 5.41) is 14.8. The number of carbonyl (C=O) groups is 3. The highest BCUT2D eigenvalue weighted by molar-refractivity contribution is 7.89. The van der Waals surface area contributed by atoms with Crippen LogP contribution in [0.25, 0.3) is 0 Å². The van der Waals surface area contributed by atoms with Crippen molar-refractivity contribution in [3.63, 3.8) is 0 Å². The number of sulfonamides is 1. The molecule has 2 aromatic rings. The molecule has 0 aliphatic carbocycles. The number of amides is 1. The molecule has 1 aromatic carbocycles. The van der Waals surface area contributed by atoms with Gasteiger partial charge in [0.2, 0.25) is 10.0 Å². The van der Waals surface area contributed by atoms with E-state index in [0.29, 0.717) is 18.7 Å². The second-order valence-electron chi connectivity index (χ2n) is 6.00. The van der Waals surface area contributed by atoms with Crippen molar-refractivity contribution in [3.05, 3.63) is 60.2 Å². The van der Waals surface area contributed by atoms with E-state index in [1.165, 1.54) is 22.6 Å². The van der Waals surface area contributed by atoms with Crippen molar-refractivity contribution in [1.29, 1.82) is 0 Å². The van der Waals surface area contributed by atoms with Crippen LogP contribution in [-0.4, -0.2) is 76.8 Å². The maximum atomic E-state index is 13.0. The molecule has 1 amide bonds. The van der Waals surface area contributed by atoms with Crippen LogP contribution < -0.4 is 0 Å². The minimum Gasteiger partial charge on any atom is -0.473 e. The molecule has 1 fully saturated rings. The first-order chi connectivity index (χ1) is 14.1. The van der Waals surface area contributed by atoms with Crippen molar-refractivity contribution in [2.24, 2.45) is 0 Å². The summed E-state index contributed by atoms with van der Waals surface area (Å²) in [5.41, 5.74) is 0.479. The van der Waals surface area contributed by atoms with Gasteiger partial charge in [0.05, 0.1) is 10.5 Å². The standard InChI is InChI=1S/C16H16FN3O3S.C2H2O4/c17-14-3-5-15(6-4-14)24(22,23)20-10-8-19(9-11-20)16(21)13-2-1-7-18-12-13;3-1(4)2(5)6/h1-7,12H,8-11H2;(H,3,4)(H,5,6). The fourth-order valence-corrected chi connectivity index (χ4v) is 3.98. The monoisotopic (exact) mass is 439 g/mol. The minimum absolute atomic E-state index is 0.0518. The summed E-state index contributed by atoms with van der Waals surface area (Å²) >= 11 is 0. The number of carbonyl (C=O) groups excluding carboxylic acids is 1. The van der Waals surface area contributed by atoms with Gasteiger partial charge < -0.3 is 15.1 Å². The fourth-order valence-electron chi connectivity index (χ4n) is 2.56. The molecule has 2 heterocycles. The normalized spacial score (nSPS) is 14.4. The first kappa shape index (κ1) is 22.9. The molecule has 10 nitrogen and oxygen atoms in total. The summed E-state index contributed by atoms with van der Waals surface area (Å²) in [5.74, 6) is -4.30. The van der Waals surface area contributed by atoms with Crippen molar-refractivity contribution in [3.8, 4) is 0 Å². The van der Waals surface area contributed by atoms with Gasteiger partial charge >= 0.3 is 11.9 Å². The van der Waals surface area contributed by atoms with Crippen molar-refractivity contribution in [1.82, 2.24) is 14.2 Å². The highest BCUT2D eigenvalue weighted by atomic mass is 32.2. The lowest BCUT2D eigenvalue weighted by Gasteiger charge is -2.34. The molecule has 3 rings (SSSR count). The van der Waals surface area contributed by atoms with E-state index < -0.39 is 27.8 Å². The SMILES string of the molecule is O=C(O)C(=O)O.O=C(c1cccnc1)N1CCN(S(=O)(=O)c2ccc(F)cc2)CC1. The number of carboxylic acid groups (broad SMARTS) is 2. The Balaban J connectivity index is 0.000000469. The second kappa shape index (κ2) is 9.89. The first-order valence-corrected chi connectivity index (χ1v) is 9.98. The molecule has 1 aliphatic rings. The van der Waals surface area contributed by atoms with Crippen LogP contribution in [0.15, 0.2) is 53.7 Å². The van der Waals surface area contributed by atoms with Gasteiger partial charge in [-0.15, -0.1) is 0 Å². The third-order valence-electron chi connectivity index (χ3n) is 4.07. The van der Waals surface area contributed by atoms with Gasteiger partial charge in [0.15, 0.2) is 0 Å². The van der Waals surface area contributed by atoms with Crippen LogP contribution in [0.2, 0.25) is 0 Å². The van der Waals surface area contributed by atoms with Crippen molar-refractivity contribution in [2.45, 2.75) is 4.90 Å². The van der Waals surface area contributed by atoms with Crippen molar-refractivity contribution in [2.75, 3.05) is 26.2 Å². The Morgan fingerprint density at radius 1 is 0.933 bits per heavy atom. The number of rotatable bonds is 3. The highest BCUT2D eigenvalue weighted by Crippen LogP contribution is 2.18. The average Bonchev–Trinajstić information content (AvgIpc) is 2.74. The van der Waals surface area contributed by atoms with E-state index in [-0.39, 0.29) is 23.9 Å².